The summed E-state index contributed by atoms with van der Waals surface area (Å²) in [6.45, 7) is 0. The molecule has 18 heavy (non-hydrogen) atoms. The molecular formula is C13H16ClF2NO. The summed E-state index contributed by atoms with van der Waals surface area (Å²) in [5.74, 6) is -2.70. The molecule has 1 aromatic rings. The zero-order valence-corrected chi connectivity index (χ0v) is 10.7. The number of pyridine rings is 1. The van der Waals surface area contributed by atoms with Crippen LogP contribution in [0.3, 0.4) is 0 Å². The summed E-state index contributed by atoms with van der Waals surface area (Å²) in [7, 11) is 0. The van der Waals surface area contributed by atoms with Gasteiger partial charge in [-0.1, -0.05) is 11.6 Å². The number of aliphatic hydroxyl groups excluding tert-OH is 1. The lowest BCUT2D eigenvalue weighted by Crippen LogP contribution is -2.27. The molecule has 0 saturated heterocycles. The van der Waals surface area contributed by atoms with Crippen molar-refractivity contribution in [2.75, 3.05) is 0 Å². The first-order chi connectivity index (χ1) is 8.46. The fourth-order valence-electron chi connectivity index (χ4n) is 2.55. The number of nitrogens with zero attached hydrogens (tertiary/aromatic N) is 1. The van der Waals surface area contributed by atoms with Gasteiger partial charge in [0.25, 0.3) is 0 Å². The molecule has 1 heterocycles. The van der Waals surface area contributed by atoms with Crippen LogP contribution in [0.15, 0.2) is 18.3 Å². The molecule has 0 aliphatic heterocycles. The van der Waals surface area contributed by atoms with E-state index in [9.17, 15) is 13.9 Å². The molecule has 2 nitrogen and oxygen atoms in total. The van der Waals surface area contributed by atoms with Gasteiger partial charge in [0, 0.05) is 19.0 Å². The molecule has 0 aromatic carbocycles. The zero-order chi connectivity index (χ0) is 13.2. The lowest BCUT2D eigenvalue weighted by molar-refractivity contribution is -0.0590. The molecule has 5 heteroatoms. The molecule has 0 spiro atoms. The number of hydrogen-bond acceptors (Lipinski definition) is 2. The van der Waals surface area contributed by atoms with Gasteiger partial charge in [-0.05, 0) is 42.9 Å². The van der Waals surface area contributed by atoms with Crippen LogP contribution >= 0.6 is 11.6 Å². The highest BCUT2D eigenvalue weighted by molar-refractivity contribution is 6.29. The fraction of sp³-hybridized carbons (Fsp3) is 0.615. The summed E-state index contributed by atoms with van der Waals surface area (Å²) in [4.78, 5) is 3.83. The lowest BCUT2D eigenvalue weighted by atomic mass is 9.82. The maximum absolute atomic E-state index is 13.3. The second-order valence-electron chi connectivity index (χ2n) is 4.98. The quantitative estimate of drug-likeness (QED) is 0.846. The van der Waals surface area contributed by atoms with E-state index < -0.39 is 12.0 Å². The standard InChI is InChI=1S/C13H16ClF2NO/c14-12-7-10(3-5-17-12)11(18)6-9-2-1-4-13(15,16)8-9/h3,5,7,9,11,18H,1-2,4,6,8H2. The van der Waals surface area contributed by atoms with Gasteiger partial charge in [0.15, 0.2) is 0 Å². The first kappa shape index (κ1) is 13.7. The predicted octanol–water partition coefficient (Wildman–Crippen LogP) is 3.98. The number of rotatable bonds is 3. The van der Waals surface area contributed by atoms with E-state index in [1.54, 1.807) is 12.1 Å². The van der Waals surface area contributed by atoms with Crippen molar-refractivity contribution in [1.82, 2.24) is 4.98 Å². The van der Waals surface area contributed by atoms with Crippen molar-refractivity contribution in [3.05, 3.63) is 29.0 Å². The third-order valence-electron chi connectivity index (χ3n) is 3.43. The Bertz CT molecular complexity index is 414. The van der Waals surface area contributed by atoms with E-state index in [1.165, 1.54) is 6.20 Å². The third kappa shape index (κ3) is 3.62. The van der Waals surface area contributed by atoms with Crippen LogP contribution in [-0.2, 0) is 0 Å². The van der Waals surface area contributed by atoms with Gasteiger partial charge in [0.05, 0.1) is 6.10 Å². The number of aliphatic hydroxyl groups is 1. The van der Waals surface area contributed by atoms with Crippen LogP contribution in [0.25, 0.3) is 0 Å². The first-order valence-corrected chi connectivity index (χ1v) is 6.51. The van der Waals surface area contributed by atoms with Crippen molar-refractivity contribution in [3.8, 4) is 0 Å². The van der Waals surface area contributed by atoms with E-state index in [-0.39, 0.29) is 18.8 Å². The average Bonchev–Trinajstić information content (AvgIpc) is 2.27. The Balaban J connectivity index is 1.97. The SMILES string of the molecule is OC(CC1CCCC(F)(F)C1)c1ccnc(Cl)c1. The molecule has 2 unspecified atom stereocenters. The minimum atomic E-state index is -2.57. The number of alkyl halides is 2. The molecule has 1 aromatic heterocycles. The minimum Gasteiger partial charge on any atom is -0.388 e. The smallest absolute Gasteiger partial charge is 0.248 e. The molecule has 0 bridgehead atoms. The highest BCUT2D eigenvalue weighted by Crippen LogP contribution is 2.40. The van der Waals surface area contributed by atoms with Crippen molar-refractivity contribution in [2.24, 2.45) is 5.92 Å². The van der Waals surface area contributed by atoms with Gasteiger partial charge in [-0.3, -0.25) is 0 Å². The van der Waals surface area contributed by atoms with Crippen molar-refractivity contribution in [1.29, 1.82) is 0 Å². The Kier molecular flexibility index (Phi) is 4.17. The van der Waals surface area contributed by atoms with Crippen LogP contribution in [0.2, 0.25) is 5.15 Å². The summed E-state index contributed by atoms with van der Waals surface area (Å²) in [6.07, 6.45) is 2.26. The lowest BCUT2D eigenvalue weighted by Gasteiger charge is -2.30. The third-order valence-corrected chi connectivity index (χ3v) is 3.64. The van der Waals surface area contributed by atoms with Crippen LogP contribution in [0, 0.1) is 5.92 Å². The van der Waals surface area contributed by atoms with Crippen LogP contribution in [0.4, 0.5) is 8.78 Å². The molecule has 0 amide bonds. The van der Waals surface area contributed by atoms with E-state index in [2.05, 4.69) is 4.98 Å². The van der Waals surface area contributed by atoms with Gasteiger partial charge < -0.3 is 5.11 Å². The highest BCUT2D eigenvalue weighted by Gasteiger charge is 2.36. The number of hydrogen-bond donors (Lipinski definition) is 1. The summed E-state index contributed by atoms with van der Waals surface area (Å²) < 4.78 is 26.5. The highest BCUT2D eigenvalue weighted by atomic mass is 35.5. The molecule has 1 N–H and O–H groups in total. The topological polar surface area (TPSA) is 33.1 Å². The van der Waals surface area contributed by atoms with Gasteiger partial charge >= 0.3 is 0 Å². The van der Waals surface area contributed by atoms with E-state index in [4.69, 9.17) is 11.6 Å². The van der Waals surface area contributed by atoms with E-state index >= 15 is 0 Å². The summed E-state index contributed by atoms with van der Waals surface area (Å²) in [5, 5.41) is 10.3. The van der Waals surface area contributed by atoms with Gasteiger partial charge in [0.2, 0.25) is 5.92 Å². The van der Waals surface area contributed by atoms with Gasteiger partial charge in [-0.2, -0.15) is 0 Å². The van der Waals surface area contributed by atoms with E-state index in [1.807, 2.05) is 0 Å². The molecule has 1 fully saturated rings. The summed E-state index contributed by atoms with van der Waals surface area (Å²) in [6, 6.07) is 3.24. The number of halogens is 3. The average molecular weight is 276 g/mol. The molecule has 0 radical (unpaired) electrons. The molecule has 1 aliphatic rings. The van der Waals surface area contributed by atoms with Crippen molar-refractivity contribution in [3.63, 3.8) is 0 Å². The van der Waals surface area contributed by atoms with Crippen LogP contribution < -0.4 is 0 Å². The van der Waals surface area contributed by atoms with Crippen molar-refractivity contribution in [2.45, 2.75) is 44.1 Å². The number of aromatic nitrogens is 1. The zero-order valence-electron chi connectivity index (χ0n) is 9.95. The second kappa shape index (κ2) is 5.49. The maximum Gasteiger partial charge on any atom is 0.248 e. The van der Waals surface area contributed by atoms with Crippen LogP contribution in [-0.4, -0.2) is 16.0 Å². The predicted molar refractivity (Wildman–Crippen MR) is 65.7 cm³/mol. The summed E-state index contributed by atoms with van der Waals surface area (Å²) >= 11 is 5.73. The van der Waals surface area contributed by atoms with Crippen LogP contribution in [0.5, 0.6) is 0 Å². The summed E-state index contributed by atoms with van der Waals surface area (Å²) in [5.41, 5.74) is 0.642. The molecule has 1 aliphatic carbocycles. The Morgan fingerprint density at radius 3 is 3.00 bits per heavy atom. The Morgan fingerprint density at radius 2 is 2.33 bits per heavy atom. The molecule has 2 atom stereocenters. The van der Waals surface area contributed by atoms with Gasteiger partial charge in [-0.15, -0.1) is 0 Å². The Labute approximate surface area is 110 Å². The second-order valence-corrected chi connectivity index (χ2v) is 5.37. The Morgan fingerprint density at radius 1 is 1.56 bits per heavy atom. The van der Waals surface area contributed by atoms with Crippen LogP contribution in [0.1, 0.15) is 43.8 Å². The van der Waals surface area contributed by atoms with E-state index in [0.717, 1.165) is 6.42 Å². The van der Waals surface area contributed by atoms with E-state index in [0.29, 0.717) is 23.6 Å². The fourth-order valence-corrected chi connectivity index (χ4v) is 2.74. The van der Waals surface area contributed by atoms with Gasteiger partial charge in [0.1, 0.15) is 5.15 Å². The van der Waals surface area contributed by atoms with Crippen molar-refractivity contribution >= 4 is 11.6 Å². The molecular weight excluding hydrogens is 260 g/mol. The molecule has 1 saturated carbocycles. The Hall–Kier alpha value is -0.740. The largest absolute Gasteiger partial charge is 0.388 e. The van der Waals surface area contributed by atoms with Crippen molar-refractivity contribution < 1.29 is 13.9 Å². The van der Waals surface area contributed by atoms with Gasteiger partial charge in [-0.25, -0.2) is 13.8 Å². The maximum atomic E-state index is 13.3. The molecule has 2 rings (SSSR count). The first-order valence-electron chi connectivity index (χ1n) is 6.14. The normalized spacial score (nSPS) is 24.8. The monoisotopic (exact) mass is 275 g/mol. The minimum absolute atomic E-state index is 0.0271. The molecule has 100 valence electrons.